The van der Waals surface area contributed by atoms with Crippen molar-refractivity contribution in [2.45, 2.75) is 63.6 Å². The van der Waals surface area contributed by atoms with Gasteiger partial charge in [-0.2, -0.15) is 0 Å². The van der Waals surface area contributed by atoms with Gasteiger partial charge in [0.2, 0.25) is 5.91 Å². The summed E-state index contributed by atoms with van der Waals surface area (Å²) in [6, 6.07) is 8.99. The number of nitrogens with zero attached hydrogens (tertiary/aromatic N) is 1. The van der Waals surface area contributed by atoms with E-state index >= 15 is 0 Å². The largest absolute Gasteiger partial charge is 0.393 e. The minimum atomic E-state index is -0.200. The first-order chi connectivity index (χ1) is 9.63. The van der Waals surface area contributed by atoms with Crippen LogP contribution in [0.15, 0.2) is 24.3 Å². The van der Waals surface area contributed by atoms with Crippen LogP contribution in [0.2, 0.25) is 0 Å². The maximum atomic E-state index is 12.5. The van der Waals surface area contributed by atoms with Crippen LogP contribution in [0.1, 0.15) is 43.2 Å². The number of aliphatic hydroxyl groups excluding tert-OH is 1. The van der Waals surface area contributed by atoms with Crippen LogP contribution in [0.5, 0.6) is 0 Å². The Kier molecular flexibility index (Phi) is 3.79. The molecule has 2 unspecified atom stereocenters. The van der Waals surface area contributed by atoms with E-state index in [1.807, 2.05) is 0 Å². The van der Waals surface area contributed by atoms with E-state index in [0.29, 0.717) is 6.42 Å². The topological polar surface area (TPSA) is 40.5 Å². The van der Waals surface area contributed by atoms with E-state index in [1.54, 1.807) is 0 Å². The smallest absolute Gasteiger partial charge is 0.223 e. The van der Waals surface area contributed by atoms with Gasteiger partial charge in [0.15, 0.2) is 0 Å². The number of fused-ring (bicyclic) bond motifs is 2. The molecule has 0 spiro atoms. The zero-order valence-corrected chi connectivity index (χ0v) is 12.1. The molecule has 2 aliphatic rings. The lowest BCUT2D eigenvalue weighted by Crippen LogP contribution is -2.48. The normalized spacial score (nSPS) is 28.7. The number of aryl methyl sites for hydroxylation is 2. The molecule has 108 valence electrons. The van der Waals surface area contributed by atoms with Crippen molar-refractivity contribution in [3.05, 3.63) is 35.4 Å². The number of aliphatic hydroxyl groups is 1. The maximum absolute atomic E-state index is 12.5. The van der Waals surface area contributed by atoms with Crippen LogP contribution in [-0.4, -0.2) is 34.1 Å². The number of amides is 1. The van der Waals surface area contributed by atoms with Gasteiger partial charge in [-0.05, 0) is 44.6 Å². The quantitative estimate of drug-likeness (QED) is 0.919. The average molecular weight is 273 g/mol. The molecule has 1 N–H and O–H groups in total. The van der Waals surface area contributed by atoms with Crippen molar-refractivity contribution < 1.29 is 9.90 Å². The van der Waals surface area contributed by atoms with Gasteiger partial charge in [-0.15, -0.1) is 0 Å². The van der Waals surface area contributed by atoms with E-state index in [0.717, 1.165) is 32.1 Å². The van der Waals surface area contributed by atoms with Crippen LogP contribution in [-0.2, 0) is 11.2 Å². The molecule has 3 rings (SSSR count). The van der Waals surface area contributed by atoms with Crippen molar-refractivity contribution in [3.8, 4) is 0 Å². The molecule has 2 atom stereocenters. The predicted molar refractivity (Wildman–Crippen MR) is 78.4 cm³/mol. The monoisotopic (exact) mass is 273 g/mol. The predicted octanol–water partition coefficient (Wildman–Crippen LogP) is 2.44. The molecule has 0 aromatic heterocycles. The highest BCUT2D eigenvalue weighted by atomic mass is 16.3. The molecular weight excluding hydrogens is 250 g/mol. The number of carbonyl (C=O) groups excluding carboxylic acids is 1. The summed E-state index contributed by atoms with van der Waals surface area (Å²) in [5, 5.41) is 9.79. The molecule has 1 amide bonds. The SMILES string of the molecule is Cc1ccc(CCC(=O)N2C3CCC2CC(O)C3)cc1. The lowest BCUT2D eigenvalue weighted by Gasteiger charge is -2.37. The molecule has 20 heavy (non-hydrogen) atoms. The Hall–Kier alpha value is -1.35. The molecule has 2 bridgehead atoms. The minimum Gasteiger partial charge on any atom is -0.393 e. The van der Waals surface area contributed by atoms with E-state index in [9.17, 15) is 9.90 Å². The average Bonchev–Trinajstić information content (AvgIpc) is 2.70. The van der Waals surface area contributed by atoms with Crippen molar-refractivity contribution in [3.63, 3.8) is 0 Å². The van der Waals surface area contributed by atoms with Gasteiger partial charge in [0.1, 0.15) is 0 Å². The van der Waals surface area contributed by atoms with Crippen molar-refractivity contribution in [1.82, 2.24) is 4.90 Å². The Morgan fingerprint density at radius 1 is 1.20 bits per heavy atom. The van der Waals surface area contributed by atoms with Gasteiger partial charge in [0.05, 0.1) is 6.10 Å². The molecule has 2 aliphatic heterocycles. The van der Waals surface area contributed by atoms with Crippen molar-refractivity contribution in [2.24, 2.45) is 0 Å². The molecule has 3 heteroatoms. The van der Waals surface area contributed by atoms with E-state index in [2.05, 4.69) is 36.1 Å². The number of hydrogen-bond acceptors (Lipinski definition) is 2. The third-order valence-corrected chi connectivity index (χ3v) is 4.74. The highest BCUT2D eigenvalue weighted by Crippen LogP contribution is 2.36. The van der Waals surface area contributed by atoms with Gasteiger partial charge in [-0.25, -0.2) is 0 Å². The van der Waals surface area contributed by atoms with Gasteiger partial charge < -0.3 is 10.0 Å². The number of piperidine rings is 1. The lowest BCUT2D eigenvalue weighted by atomic mass is 9.98. The molecule has 2 saturated heterocycles. The van der Waals surface area contributed by atoms with Crippen molar-refractivity contribution in [2.75, 3.05) is 0 Å². The second-order valence-corrected chi connectivity index (χ2v) is 6.30. The van der Waals surface area contributed by atoms with Gasteiger partial charge in [-0.3, -0.25) is 4.79 Å². The standard InChI is InChI=1S/C17H23NO2/c1-12-2-4-13(5-3-12)6-9-17(20)18-14-7-8-15(18)11-16(19)10-14/h2-5,14-16,19H,6-11H2,1H3. The third-order valence-electron chi connectivity index (χ3n) is 4.74. The van der Waals surface area contributed by atoms with E-state index in [4.69, 9.17) is 0 Å². The fraction of sp³-hybridized carbons (Fsp3) is 0.588. The summed E-state index contributed by atoms with van der Waals surface area (Å²) in [5.74, 6) is 0.268. The van der Waals surface area contributed by atoms with E-state index in [1.165, 1.54) is 11.1 Å². The first kappa shape index (κ1) is 13.6. The molecule has 0 radical (unpaired) electrons. The molecule has 0 aliphatic carbocycles. The molecule has 2 fully saturated rings. The molecule has 0 saturated carbocycles. The fourth-order valence-corrected chi connectivity index (χ4v) is 3.69. The molecular formula is C17H23NO2. The Bertz CT molecular complexity index is 468. The Morgan fingerprint density at radius 3 is 2.40 bits per heavy atom. The zero-order valence-electron chi connectivity index (χ0n) is 12.1. The van der Waals surface area contributed by atoms with Crippen LogP contribution < -0.4 is 0 Å². The molecule has 1 aromatic carbocycles. The van der Waals surface area contributed by atoms with Crippen LogP contribution in [0, 0.1) is 6.92 Å². The number of carbonyl (C=O) groups is 1. The minimum absolute atomic E-state index is 0.200. The van der Waals surface area contributed by atoms with Gasteiger partial charge in [-0.1, -0.05) is 29.8 Å². The van der Waals surface area contributed by atoms with Gasteiger partial charge in [0, 0.05) is 18.5 Å². The van der Waals surface area contributed by atoms with E-state index < -0.39 is 0 Å². The summed E-state index contributed by atoms with van der Waals surface area (Å²) in [6.45, 7) is 2.08. The summed E-state index contributed by atoms with van der Waals surface area (Å²) in [5.41, 5.74) is 2.48. The first-order valence-electron chi connectivity index (χ1n) is 7.68. The summed E-state index contributed by atoms with van der Waals surface area (Å²) in [7, 11) is 0. The van der Waals surface area contributed by atoms with Crippen molar-refractivity contribution in [1.29, 1.82) is 0 Å². The summed E-state index contributed by atoms with van der Waals surface area (Å²) in [4.78, 5) is 14.5. The second-order valence-electron chi connectivity index (χ2n) is 6.30. The Morgan fingerprint density at radius 2 is 1.80 bits per heavy atom. The highest BCUT2D eigenvalue weighted by molar-refractivity contribution is 5.77. The number of benzene rings is 1. The van der Waals surface area contributed by atoms with Gasteiger partial charge >= 0.3 is 0 Å². The molecule has 3 nitrogen and oxygen atoms in total. The first-order valence-corrected chi connectivity index (χ1v) is 7.68. The van der Waals surface area contributed by atoms with Crippen LogP contribution >= 0.6 is 0 Å². The molecule has 1 aromatic rings. The van der Waals surface area contributed by atoms with E-state index in [-0.39, 0.29) is 24.1 Å². The fourth-order valence-electron chi connectivity index (χ4n) is 3.69. The highest BCUT2D eigenvalue weighted by Gasteiger charge is 2.42. The summed E-state index contributed by atoms with van der Waals surface area (Å²) in [6.07, 6.45) is 4.88. The Labute approximate surface area is 120 Å². The summed E-state index contributed by atoms with van der Waals surface area (Å²) >= 11 is 0. The van der Waals surface area contributed by atoms with Crippen LogP contribution in [0.4, 0.5) is 0 Å². The summed E-state index contributed by atoms with van der Waals surface area (Å²) < 4.78 is 0. The van der Waals surface area contributed by atoms with Crippen LogP contribution in [0.25, 0.3) is 0 Å². The second kappa shape index (κ2) is 5.57. The van der Waals surface area contributed by atoms with Crippen molar-refractivity contribution >= 4 is 5.91 Å². The third kappa shape index (κ3) is 2.73. The molecule has 2 heterocycles. The van der Waals surface area contributed by atoms with Crippen LogP contribution in [0.3, 0.4) is 0 Å². The number of rotatable bonds is 3. The van der Waals surface area contributed by atoms with Gasteiger partial charge in [0.25, 0.3) is 0 Å². The zero-order chi connectivity index (χ0) is 14.1. The maximum Gasteiger partial charge on any atom is 0.223 e. The number of hydrogen-bond donors (Lipinski definition) is 1. The lowest BCUT2D eigenvalue weighted by molar-refractivity contribution is -0.137. The Balaban J connectivity index is 1.58.